The SMILES string of the molecule is CC(OCC1CC1)C(=O)NCC(C)(O)C(C)C. The highest BCUT2D eigenvalue weighted by Gasteiger charge is 2.27. The Labute approximate surface area is 104 Å². The van der Waals surface area contributed by atoms with E-state index in [1.807, 2.05) is 13.8 Å². The number of hydrogen-bond donors (Lipinski definition) is 2. The zero-order valence-electron chi connectivity index (χ0n) is 11.3. The molecule has 1 saturated carbocycles. The van der Waals surface area contributed by atoms with Crippen LogP contribution in [-0.2, 0) is 9.53 Å². The topological polar surface area (TPSA) is 58.6 Å². The first kappa shape index (κ1) is 14.5. The summed E-state index contributed by atoms with van der Waals surface area (Å²) in [5, 5.41) is 12.7. The molecule has 0 saturated heterocycles. The average Bonchev–Trinajstić information content (AvgIpc) is 3.06. The van der Waals surface area contributed by atoms with Gasteiger partial charge in [0.15, 0.2) is 0 Å². The standard InChI is InChI=1S/C13H25NO3/c1-9(2)13(4,16)8-14-12(15)10(3)17-7-11-5-6-11/h9-11,16H,5-8H2,1-4H3,(H,14,15). The maximum Gasteiger partial charge on any atom is 0.248 e. The van der Waals surface area contributed by atoms with Crippen LogP contribution in [0.1, 0.15) is 40.5 Å². The van der Waals surface area contributed by atoms with Gasteiger partial charge in [0.1, 0.15) is 6.10 Å². The molecule has 0 spiro atoms. The molecule has 0 aromatic heterocycles. The lowest BCUT2D eigenvalue weighted by Gasteiger charge is -2.28. The molecule has 4 heteroatoms. The van der Waals surface area contributed by atoms with Crippen LogP contribution in [0.25, 0.3) is 0 Å². The Hall–Kier alpha value is -0.610. The predicted octanol–water partition coefficient (Wildman–Crippen LogP) is 1.32. The van der Waals surface area contributed by atoms with Crippen LogP contribution in [0, 0.1) is 11.8 Å². The molecule has 2 atom stereocenters. The van der Waals surface area contributed by atoms with Crippen LogP contribution in [0.5, 0.6) is 0 Å². The van der Waals surface area contributed by atoms with E-state index < -0.39 is 11.7 Å². The molecule has 2 N–H and O–H groups in total. The Morgan fingerprint density at radius 1 is 1.47 bits per heavy atom. The number of aliphatic hydroxyl groups is 1. The fraction of sp³-hybridized carbons (Fsp3) is 0.923. The normalized spacial score (nSPS) is 21.1. The lowest BCUT2D eigenvalue weighted by Crippen LogP contribution is -2.47. The van der Waals surface area contributed by atoms with E-state index in [1.54, 1.807) is 13.8 Å². The van der Waals surface area contributed by atoms with Crippen molar-refractivity contribution in [1.29, 1.82) is 0 Å². The van der Waals surface area contributed by atoms with Gasteiger partial charge in [-0.2, -0.15) is 0 Å². The molecular weight excluding hydrogens is 218 g/mol. The molecule has 2 unspecified atom stereocenters. The lowest BCUT2D eigenvalue weighted by molar-refractivity contribution is -0.133. The minimum atomic E-state index is -0.869. The molecule has 1 amide bonds. The first-order valence-electron chi connectivity index (χ1n) is 6.44. The van der Waals surface area contributed by atoms with Gasteiger partial charge < -0.3 is 15.2 Å². The fourth-order valence-corrected chi connectivity index (χ4v) is 1.25. The molecule has 0 aliphatic heterocycles. The highest BCUT2D eigenvalue weighted by atomic mass is 16.5. The maximum absolute atomic E-state index is 11.7. The largest absolute Gasteiger partial charge is 0.388 e. The van der Waals surface area contributed by atoms with Gasteiger partial charge in [0.2, 0.25) is 5.91 Å². The summed E-state index contributed by atoms with van der Waals surface area (Å²) in [5.41, 5.74) is -0.869. The number of carbonyl (C=O) groups excluding carboxylic acids is 1. The first-order valence-corrected chi connectivity index (χ1v) is 6.44. The van der Waals surface area contributed by atoms with Crippen LogP contribution in [0.3, 0.4) is 0 Å². The number of ether oxygens (including phenoxy) is 1. The molecule has 0 heterocycles. The van der Waals surface area contributed by atoms with Crippen LogP contribution in [0.15, 0.2) is 0 Å². The minimum Gasteiger partial charge on any atom is -0.388 e. The molecule has 0 bridgehead atoms. The zero-order chi connectivity index (χ0) is 13.1. The zero-order valence-corrected chi connectivity index (χ0v) is 11.3. The molecule has 4 nitrogen and oxygen atoms in total. The summed E-state index contributed by atoms with van der Waals surface area (Å²) >= 11 is 0. The number of hydrogen-bond acceptors (Lipinski definition) is 3. The highest BCUT2D eigenvalue weighted by Crippen LogP contribution is 2.29. The molecule has 1 aliphatic carbocycles. The van der Waals surface area contributed by atoms with Crippen molar-refractivity contribution >= 4 is 5.91 Å². The maximum atomic E-state index is 11.7. The van der Waals surface area contributed by atoms with Crippen LogP contribution in [-0.4, -0.2) is 35.9 Å². The van der Waals surface area contributed by atoms with Gasteiger partial charge in [0.25, 0.3) is 0 Å². The van der Waals surface area contributed by atoms with E-state index >= 15 is 0 Å². The second-order valence-corrected chi connectivity index (χ2v) is 5.65. The van der Waals surface area contributed by atoms with Crippen molar-refractivity contribution < 1.29 is 14.6 Å². The third-order valence-corrected chi connectivity index (χ3v) is 3.51. The van der Waals surface area contributed by atoms with E-state index in [4.69, 9.17) is 4.74 Å². The van der Waals surface area contributed by atoms with E-state index in [2.05, 4.69) is 5.32 Å². The quantitative estimate of drug-likeness (QED) is 0.709. The highest BCUT2D eigenvalue weighted by molar-refractivity contribution is 5.80. The number of amides is 1. The van der Waals surface area contributed by atoms with Crippen LogP contribution < -0.4 is 5.32 Å². The Morgan fingerprint density at radius 2 is 2.06 bits per heavy atom. The Kier molecular flexibility index (Phi) is 4.95. The molecule has 1 fully saturated rings. The summed E-state index contributed by atoms with van der Waals surface area (Å²) in [5.74, 6) is 0.612. The second-order valence-electron chi connectivity index (χ2n) is 5.65. The van der Waals surface area contributed by atoms with Crippen molar-refractivity contribution in [1.82, 2.24) is 5.32 Å². The van der Waals surface area contributed by atoms with E-state index in [-0.39, 0.29) is 18.4 Å². The Bertz CT molecular complexity index is 259. The molecule has 0 radical (unpaired) electrons. The summed E-state index contributed by atoms with van der Waals surface area (Å²) in [6, 6.07) is 0. The summed E-state index contributed by atoms with van der Waals surface area (Å²) in [6.07, 6.45) is 2.01. The Balaban J connectivity index is 2.22. The summed E-state index contributed by atoms with van der Waals surface area (Å²) < 4.78 is 5.46. The molecule has 100 valence electrons. The minimum absolute atomic E-state index is 0.102. The number of rotatable bonds is 7. The Morgan fingerprint density at radius 3 is 2.53 bits per heavy atom. The summed E-state index contributed by atoms with van der Waals surface area (Å²) in [4.78, 5) is 11.7. The van der Waals surface area contributed by atoms with Gasteiger partial charge in [-0.05, 0) is 38.5 Å². The average molecular weight is 243 g/mol. The summed E-state index contributed by atoms with van der Waals surface area (Å²) in [7, 11) is 0. The smallest absolute Gasteiger partial charge is 0.248 e. The second kappa shape index (κ2) is 5.83. The monoisotopic (exact) mass is 243 g/mol. The molecule has 0 aromatic carbocycles. The third-order valence-electron chi connectivity index (χ3n) is 3.51. The van der Waals surface area contributed by atoms with Crippen molar-refractivity contribution in [2.24, 2.45) is 11.8 Å². The van der Waals surface area contributed by atoms with Crippen molar-refractivity contribution in [2.45, 2.75) is 52.2 Å². The predicted molar refractivity (Wildman–Crippen MR) is 66.6 cm³/mol. The van der Waals surface area contributed by atoms with Crippen molar-refractivity contribution in [3.8, 4) is 0 Å². The third kappa shape index (κ3) is 5.04. The number of nitrogens with one attached hydrogen (secondary N) is 1. The van der Waals surface area contributed by atoms with Gasteiger partial charge >= 0.3 is 0 Å². The van der Waals surface area contributed by atoms with Crippen LogP contribution >= 0.6 is 0 Å². The van der Waals surface area contributed by atoms with E-state index in [1.165, 1.54) is 12.8 Å². The number of carbonyl (C=O) groups is 1. The van der Waals surface area contributed by atoms with Crippen LogP contribution in [0.4, 0.5) is 0 Å². The van der Waals surface area contributed by atoms with Crippen molar-refractivity contribution in [2.75, 3.05) is 13.2 Å². The first-order chi connectivity index (χ1) is 7.83. The van der Waals surface area contributed by atoms with Gasteiger partial charge in [0, 0.05) is 6.54 Å². The lowest BCUT2D eigenvalue weighted by atomic mass is 9.92. The molecular formula is C13H25NO3. The fourth-order valence-electron chi connectivity index (χ4n) is 1.25. The van der Waals surface area contributed by atoms with Gasteiger partial charge in [0.05, 0.1) is 12.2 Å². The van der Waals surface area contributed by atoms with E-state index in [0.717, 1.165) is 0 Å². The molecule has 1 rings (SSSR count). The van der Waals surface area contributed by atoms with Gasteiger partial charge in [-0.3, -0.25) is 4.79 Å². The van der Waals surface area contributed by atoms with Crippen molar-refractivity contribution in [3.05, 3.63) is 0 Å². The van der Waals surface area contributed by atoms with Crippen molar-refractivity contribution in [3.63, 3.8) is 0 Å². The van der Waals surface area contributed by atoms with Crippen LogP contribution in [0.2, 0.25) is 0 Å². The van der Waals surface area contributed by atoms with E-state index in [9.17, 15) is 9.90 Å². The summed E-state index contributed by atoms with van der Waals surface area (Å²) in [6.45, 7) is 8.28. The van der Waals surface area contributed by atoms with Gasteiger partial charge in [-0.15, -0.1) is 0 Å². The molecule has 17 heavy (non-hydrogen) atoms. The van der Waals surface area contributed by atoms with Gasteiger partial charge in [-0.25, -0.2) is 0 Å². The molecule has 0 aromatic rings. The van der Waals surface area contributed by atoms with Gasteiger partial charge in [-0.1, -0.05) is 13.8 Å². The van der Waals surface area contributed by atoms with E-state index in [0.29, 0.717) is 12.5 Å². The molecule has 1 aliphatic rings.